The highest BCUT2D eigenvalue weighted by molar-refractivity contribution is 5.40. The minimum atomic E-state index is 0.733. The van der Waals surface area contributed by atoms with Crippen molar-refractivity contribution in [3.63, 3.8) is 0 Å². The van der Waals surface area contributed by atoms with Crippen molar-refractivity contribution >= 4 is 5.69 Å². The van der Waals surface area contributed by atoms with Gasteiger partial charge in [0.2, 0.25) is 0 Å². The molecule has 1 aliphatic carbocycles. The fraction of sp³-hybridized carbons (Fsp3) is 0.500. The van der Waals surface area contributed by atoms with Crippen molar-refractivity contribution in [2.45, 2.75) is 38.3 Å². The molecule has 1 fully saturated rings. The van der Waals surface area contributed by atoms with Crippen LogP contribution >= 0.6 is 0 Å². The van der Waals surface area contributed by atoms with Crippen molar-refractivity contribution < 1.29 is 0 Å². The molecule has 0 spiro atoms. The van der Waals surface area contributed by atoms with Gasteiger partial charge in [-0.1, -0.05) is 25.0 Å². The summed E-state index contributed by atoms with van der Waals surface area (Å²) >= 11 is 0. The molecule has 1 aromatic rings. The molecule has 1 aromatic carbocycles. The normalized spacial score (nSPS) is 17.4. The number of nitrogen functional groups attached to an aromatic ring is 1. The molecule has 0 aromatic heterocycles. The lowest BCUT2D eigenvalue weighted by Crippen LogP contribution is -2.25. The average Bonchev–Trinajstić information content (AvgIpc) is 2.67. The molecule has 0 atom stereocenters. The Hall–Kier alpha value is -1.02. The van der Waals surface area contributed by atoms with Crippen LogP contribution in [0.15, 0.2) is 24.3 Å². The molecule has 0 aliphatic heterocycles. The van der Waals surface area contributed by atoms with E-state index in [0.717, 1.165) is 18.3 Å². The second-order valence-corrected chi connectivity index (χ2v) is 4.11. The van der Waals surface area contributed by atoms with Gasteiger partial charge >= 0.3 is 0 Å². The maximum Gasteiger partial charge on any atom is 0.0317 e. The van der Waals surface area contributed by atoms with E-state index in [9.17, 15) is 0 Å². The highest BCUT2D eigenvalue weighted by atomic mass is 14.9. The summed E-state index contributed by atoms with van der Waals surface area (Å²) in [5.41, 5.74) is 7.86. The van der Waals surface area contributed by atoms with Crippen LogP contribution in [-0.2, 0) is 6.54 Å². The number of nitrogens with one attached hydrogen (secondary N) is 1. The Bertz CT molecular complexity index is 290. The SMILES string of the molecule is Nc1cccc(CNC2CCCC2)c1. The fourth-order valence-electron chi connectivity index (χ4n) is 2.10. The lowest BCUT2D eigenvalue weighted by Gasteiger charge is -2.11. The summed E-state index contributed by atoms with van der Waals surface area (Å²) < 4.78 is 0. The van der Waals surface area contributed by atoms with Gasteiger partial charge in [0, 0.05) is 18.3 Å². The quantitative estimate of drug-likeness (QED) is 0.718. The Morgan fingerprint density at radius 3 is 2.79 bits per heavy atom. The topological polar surface area (TPSA) is 38.0 Å². The van der Waals surface area contributed by atoms with E-state index in [4.69, 9.17) is 5.73 Å². The molecule has 0 radical (unpaired) electrons. The zero-order chi connectivity index (χ0) is 9.80. The largest absolute Gasteiger partial charge is 0.399 e. The molecule has 3 N–H and O–H groups in total. The van der Waals surface area contributed by atoms with E-state index in [1.54, 1.807) is 0 Å². The zero-order valence-electron chi connectivity index (χ0n) is 8.50. The molecule has 1 saturated carbocycles. The molecule has 0 saturated heterocycles. The maximum absolute atomic E-state index is 5.71. The highest BCUT2D eigenvalue weighted by Gasteiger charge is 2.13. The van der Waals surface area contributed by atoms with E-state index >= 15 is 0 Å². The monoisotopic (exact) mass is 190 g/mol. The summed E-state index contributed by atoms with van der Waals surface area (Å²) in [5, 5.41) is 3.57. The van der Waals surface area contributed by atoms with Crippen LogP contribution in [0.5, 0.6) is 0 Å². The Morgan fingerprint density at radius 2 is 2.07 bits per heavy atom. The number of nitrogens with two attached hydrogens (primary N) is 1. The minimum absolute atomic E-state index is 0.733. The molecule has 2 rings (SSSR count). The zero-order valence-corrected chi connectivity index (χ0v) is 8.50. The van der Waals surface area contributed by atoms with Crippen molar-refractivity contribution in [1.29, 1.82) is 0 Å². The van der Waals surface area contributed by atoms with Crippen molar-refractivity contribution in [2.75, 3.05) is 5.73 Å². The first-order valence-corrected chi connectivity index (χ1v) is 5.42. The molecule has 0 heterocycles. The van der Waals surface area contributed by atoms with Gasteiger partial charge in [-0.15, -0.1) is 0 Å². The Labute approximate surface area is 85.5 Å². The molecule has 14 heavy (non-hydrogen) atoms. The van der Waals surface area contributed by atoms with Crippen LogP contribution in [-0.4, -0.2) is 6.04 Å². The van der Waals surface area contributed by atoms with Gasteiger partial charge in [0.1, 0.15) is 0 Å². The number of benzene rings is 1. The Morgan fingerprint density at radius 1 is 1.29 bits per heavy atom. The van der Waals surface area contributed by atoms with Gasteiger partial charge in [-0.25, -0.2) is 0 Å². The van der Waals surface area contributed by atoms with E-state index in [0.29, 0.717) is 0 Å². The maximum atomic E-state index is 5.71. The van der Waals surface area contributed by atoms with Crippen LogP contribution in [0.3, 0.4) is 0 Å². The van der Waals surface area contributed by atoms with Crippen molar-refractivity contribution in [1.82, 2.24) is 5.32 Å². The van der Waals surface area contributed by atoms with Gasteiger partial charge in [-0.05, 0) is 30.5 Å². The summed E-state index contributed by atoms with van der Waals surface area (Å²) in [7, 11) is 0. The van der Waals surface area contributed by atoms with E-state index in [1.807, 2.05) is 18.2 Å². The third-order valence-corrected chi connectivity index (χ3v) is 2.90. The predicted octanol–water partition coefficient (Wildman–Crippen LogP) is 2.30. The molecular formula is C12H18N2. The number of anilines is 1. The average molecular weight is 190 g/mol. The van der Waals surface area contributed by atoms with E-state index in [2.05, 4.69) is 11.4 Å². The number of rotatable bonds is 3. The third-order valence-electron chi connectivity index (χ3n) is 2.90. The van der Waals surface area contributed by atoms with Gasteiger partial charge < -0.3 is 11.1 Å². The van der Waals surface area contributed by atoms with Crippen LogP contribution in [0.1, 0.15) is 31.2 Å². The third kappa shape index (κ3) is 2.48. The van der Waals surface area contributed by atoms with Crippen LogP contribution in [0, 0.1) is 0 Å². The first kappa shape index (κ1) is 9.53. The molecule has 2 nitrogen and oxygen atoms in total. The number of hydrogen-bond acceptors (Lipinski definition) is 2. The summed E-state index contributed by atoms with van der Waals surface area (Å²) in [6, 6.07) is 8.84. The van der Waals surface area contributed by atoms with Crippen LogP contribution in [0.4, 0.5) is 5.69 Å². The fourth-order valence-corrected chi connectivity index (χ4v) is 2.10. The standard InChI is InChI=1S/C12H18N2/c13-11-5-3-4-10(8-11)9-14-12-6-1-2-7-12/h3-5,8,12,14H,1-2,6-7,9,13H2. The van der Waals surface area contributed by atoms with E-state index in [-0.39, 0.29) is 0 Å². The minimum Gasteiger partial charge on any atom is -0.399 e. The molecule has 0 bridgehead atoms. The smallest absolute Gasteiger partial charge is 0.0317 e. The highest BCUT2D eigenvalue weighted by Crippen LogP contribution is 2.18. The molecular weight excluding hydrogens is 172 g/mol. The van der Waals surface area contributed by atoms with Gasteiger partial charge in [0.25, 0.3) is 0 Å². The van der Waals surface area contributed by atoms with Gasteiger partial charge in [-0.2, -0.15) is 0 Å². The van der Waals surface area contributed by atoms with E-state index in [1.165, 1.54) is 31.2 Å². The Kier molecular flexibility index (Phi) is 3.04. The number of hydrogen-bond donors (Lipinski definition) is 2. The second kappa shape index (κ2) is 4.47. The lowest BCUT2D eigenvalue weighted by atomic mass is 10.2. The molecule has 0 amide bonds. The predicted molar refractivity (Wildman–Crippen MR) is 60.0 cm³/mol. The van der Waals surface area contributed by atoms with Crippen LogP contribution < -0.4 is 11.1 Å². The first-order valence-electron chi connectivity index (χ1n) is 5.42. The Balaban J connectivity index is 1.85. The van der Waals surface area contributed by atoms with Crippen molar-refractivity contribution in [2.24, 2.45) is 0 Å². The molecule has 0 unspecified atom stereocenters. The summed E-state index contributed by atoms with van der Waals surface area (Å²) in [5.74, 6) is 0. The summed E-state index contributed by atoms with van der Waals surface area (Å²) in [6.07, 6.45) is 5.44. The van der Waals surface area contributed by atoms with Crippen LogP contribution in [0.25, 0.3) is 0 Å². The van der Waals surface area contributed by atoms with Crippen molar-refractivity contribution in [3.8, 4) is 0 Å². The van der Waals surface area contributed by atoms with E-state index < -0.39 is 0 Å². The molecule has 2 heteroatoms. The molecule has 76 valence electrons. The van der Waals surface area contributed by atoms with Gasteiger partial charge in [-0.3, -0.25) is 0 Å². The molecule has 1 aliphatic rings. The second-order valence-electron chi connectivity index (χ2n) is 4.11. The van der Waals surface area contributed by atoms with Crippen molar-refractivity contribution in [3.05, 3.63) is 29.8 Å². The van der Waals surface area contributed by atoms with Gasteiger partial charge in [0.15, 0.2) is 0 Å². The summed E-state index contributed by atoms with van der Waals surface area (Å²) in [4.78, 5) is 0. The lowest BCUT2D eigenvalue weighted by molar-refractivity contribution is 0.524. The van der Waals surface area contributed by atoms with Crippen LogP contribution in [0.2, 0.25) is 0 Å². The summed E-state index contributed by atoms with van der Waals surface area (Å²) in [6.45, 7) is 0.954. The van der Waals surface area contributed by atoms with Gasteiger partial charge in [0.05, 0.1) is 0 Å². The first-order chi connectivity index (χ1) is 6.84.